The Morgan fingerprint density at radius 1 is 1.40 bits per heavy atom. The number of amides is 1. The van der Waals surface area contributed by atoms with Crippen LogP contribution in [0, 0.1) is 0 Å². The summed E-state index contributed by atoms with van der Waals surface area (Å²) in [6.45, 7) is 3.53. The zero-order chi connectivity index (χ0) is 14.4. The maximum atomic E-state index is 11.4. The first-order chi connectivity index (χ1) is 9.69. The molecule has 1 fully saturated rings. The highest BCUT2D eigenvalue weighted by Gasteiger charge is 2.15. The van der Waals surface area contributed by atoms with E-state index in [9.17, 15) is 4.79 Å². The molecule has 1 aliphatic heterocycles. The lowest BCUT2D eigenvalue weighted by Crippen LogP contribution is -2.41. The Kier molecular flexibility index (Phi) is 5.34. The summed E-state index contributed by atoms with van der Waals surface area (Å²) in [7, 11) is 0. The van der Waals surface area contributed by atoms with Gasteiger partial charge in [-0.25, -0.2) is 5.84 Å². The smallest absolute Gasteiger partial charge is 0.265 e. The molecule has 0 aliphatic carbocycles. The molecule has 1 aromatic rings. The molecule has 1 aromatic carbocycles. The van der Waals surface area contributed by atoms with Crippen LogP contribution in [0.4, 0.5) is 0 Å². The van der Waals surface area contributed by atoms with Gasteiger partial charge in [-0.15, -0.1) is 0 Å². The van der Waals surface area contributed by atoms with Crippen molar-refractivity contribution in [3.8, 4) is 5.75 Å². The van der Waals surface area contributed by atoms with Crippen LogP contribution in [0.3, 0.4) is 0 Å². The largest absolute Gasteiger partial charge is 0.492 e. The number of nitrogens with zero attached hydrogens (tertiary/aromatic N) is 1. The molecule has 0 atom stereocenters. The van der Waals surface area contributed by atoms with Crippen LogP contribution in [0.2, 0.25) is 0 Å². The Morgan fingerprint density at radius 2 is 2.15 bits per heavy atom. The van der Waals surface area contributed by atoms with Crippen LogP contribution < -0.4 is 21.7 Å². The molecule has 1 saturated heterocycles. The predicted octanol–water partition coefficient (Wildman–Crippen LogP) is 0.0920. The molecule has 6 heteroatoms. The Hall–Kier alpha value is -1.63. The highest BCUT2D eigenvalue weighted by atomic mass is 16.5. The standard InChI is InChI=1S/C14H22N4O2/c15-12-4-6-18(7-5-12)8-9-20-13-3-1-2-11(10-13)14(19)17-16/h1-3,10,12H,4-9,15-16H2,(H,17,19). The first-order valence-electron chi connectivity index (χ1n) is 6.91. The molecule has 0 aromatic heterocycles. The van der Waals surface area contributed by atoms with E-state index in [1.54, 1.807) is 18.2 Å². The minimum atomic E-state index is -0.319. The lowest BCUT2D eigenvalue weighted by Gasteiger charge is -2.29. The number of nitrogens with one attached hydrogen (secondary N) is 1. The number of nitrogens with two attached hydrogens (primary N) is 2. The zero-order valence-corrected chi connectivity index (χ0v) is 11.5. The lowest BCUT2D eigenvalue weighted by atomic mass is 10.1. The molecule has 0 saturated carbocycles. The molecule has 0 bridgehead atoms. The quantitative estimate of drug-likeness (QED) is 0.403. The normalized spacial score (nSPS) is 16.9. The van der Waals surface area contributed by atoms with Crippen molar-refractivity contribution < 1.29 is 9.53 Å². The molecule has 0 spiro atoms. The molecule has 0 radical (unpaired) electrons. The van der Waals surface area contributed by atoms with Crippen molar-refractivity contribution in [3.63, 3.8) is 0 Å². The minimum absolute atomic E-state index is 0.319. The summed E-state index contributed by atoms with van der Waals surface area (Å²) in [5.41, 5.74) is 8.47. The molecule has 6 nitrogen and oxygen atoms in total. The van der Waals surface area contributed by atoms with E-state index < -0.39 is 0 Å². The van der Waals surface area contributed by atoms with Crippen LogP contribution in [-0.2, 0) is 0 Å². The van der Waals surface area contributed by atoms with Crippen LogP contribution in [-0.4, -0.2) is 43.1 Å². The molecule has 20 heavy (non-hydrogen) atoms. The Balaban J connectivity index is 1.78. The van der Waals surface area contributed by atoms with Crippen molar-refractivity contribution >= 4 is 5.91 Å². The fourth-order valence-electron chi connectivity index (χ4n) is 2.28. The third-order valence-corrected chi connectivity index (χ3v) is 3.54. The average Bonchev–Trinajstić information content (AvgIpc) is 2.49. The van der Waals surface area contributed by atoms with Crippen LogP contribution in [0.15, 0.2) is 24.3 Å². The fraction of sp³-hybridized carbons (Fsp3) is 0.500. The van der Waals surface area contributed by atoms with Crippen molar-refractivity contribution in [3.05, 3.63) is 29.8 Å². The van der Waals surface area contributed by atoms with Gasteiger partial charge in [-0.05, 0) is 44.1 Å². The summed E-state index contributed by atoms with van der Waals surface area (Å²) in [5.74, 6) is 5.47. The number of hydrogen-bond donors (Lipinski definition) is 3. The Labute approximate surface area is 119 Å². The summed E-state index contributed by atoms with van der Waals surface area (Å²) >= 11 is 0. The highest BCUT2D eigenvalue weighted by molar-refractivity contribution is 5.94. The third-order valence-electron chi connectivity index (χ3n) is 3.54. The van der Waals surface area contributed by atoms with E-state index >= 15 is 0 Å². The summed E-state index contributed by atoms with van der Waals surface area (Å²) in [5, 5.41) is 0. The number of likely N-dealkylation sites (tertiary alicyclic amines) is 1. The van der Waals surface area contributed by atoms with Gasteiger partial charge in [0.15, 0.2) is 0 Å². The van der Waals surface area contributed by atoms with Gasteiger partial charge in [0.1, 0.15) is 12.4 Å². The molecule has 1 amide bonds. The van der Waals surface area contributed by atoms with Crippen LogP contribution in [0.5, 0.6) is 5.75 Å². The van der Waals surface area contributed by atoms with Gasteiger partial charge in [0.2, 0.25) is 0 Å². The van der Waals surface area contributed by atoms with E-state index in [1.165, 1.54) is 0 Å². The Bertz CT molecular complexity index is 445. The van der Waals surface area contributed by atoms with Gasteiger partial charge in [0.25, 0.3) is 5.91 Å². The van der Waals surface area contributed by atoms with Gasteiger partial charge in [-0.2, -0.15) is 0 Å². The number of carbonyl (C=O) groups excluding carboxylic acids is 1. The van der Waals surface area contributed by atoms with Crippen molar-refractivity contribution in [2.75, 3.05) is 26.2 Å². The molecule has 110 valence electrons. The number of piperidine rings is 1. The minimum Gasteiger partial charge on any atom is -0.492 e. The maximum Gasteiger partial charge on any atom is 0.265 e. The SMILES string of the molecule is NNC(=O)c1cccc(OCCN2CCC(N)CC2)c1. The van der Waals surface area contributed by atoms with E-state index in [0.717, 1.165) is 32.5 Å². The molecule has 0 unspecified atom stereocenters. The molecule has 1 aliphatic rings. The van der Waals surface area contributed by atoms with E-state index in [-0.39, 0.29) is 5.91 Å². The first kappa shape index (κ1) is 14.8. The summed E-state index contributed by atoms with van der Waals surface area (Å²) < 4.78 is 5.68. The number of rotatable bonds is 5. The summed E-state index contributed by atoms with van der Waals surface area (Å²) in [6, 6.07) is 7.34. The van der Waals surface area contributed by atoms with Crippen LogP contribution >= 0.6 is 0 Å². The zero-order valence-electron chi connectivity index (χ0n) is 11.5. The molecule has 1 heterocycles. The van der Waals surface area contributed by atoms with E-state index in [1.807, 2.05) is 6.07 Å². The molecular weight excluding hydrogens is 256 g/mol. The highest BCUT2D eigenvalue weighted by Crippen LogP contribution is 2.14. The van der Waals surface area contributed by atoms with Crippen molar-refractivity contribution in [1.29, 1.82) is 0 Å². The monoisotopic (exact) mass is 278 g/mol. The van der Waals surface area contributed by atoms with E-state index in [0.29, 0.717) is 24.0 Å². The number of carbonyl (C=O) groups is 1. The van der Waals surface area contributed by atoms with Crippen LogP contribution in [0.1, 0.15) is 23.2 Å². The van der Waals surface area contributed by atoms with Crippen LogP contribution in [0.25, 0.3) is 0 Å². The van der Waals surface area contributed by atoms with Gasteiger partial charge >= 0.3 is 0 Å². The van der Waals surface area contributed by atoms with Gasteiger partial charge < -0.3 is 10.5 Å². The van der Waals surface area contributed by atoms with Crippen molar-refractivity contribution in [2.24, 2.45) is 11.6 Å². The van der Waals surface area contributed by atoms with Crippen molar-refractivity contribution in [2.45, 2.75) is 18.9 Å². The molecular formula is C14H22N4O2. The van der Waals surface area contributed by atoms with Gasteiger partial charge in [0.05, 0.1) is 0 Å². The lowest BCUT2D eigenvalue weighted by molar-refractivity contribution is 0.0953. The second kappa shape index (κ2) is 7.23. The fourth-order valence-corrected chi connectivity index (χ4v) is 2.28. The number of hydrogen-bond acceptors (Lipinski definition) is 5. The Morgan fingerprint density at radius 3 is 2.85 bits per heavy atom. The van der Waals surface area contributed by atoms with Gasteiger partial charge in [0, 0.05) is 18.2 Å². The molecule has 2 rings (SSSR count). The summed E-state index contributed by atoms with van der Waals surface area (Å²) in [6.07, 6.45) is 2.10. The first-order valence-corrected chi connectivity index (χ1v) is 6.91. The number of benzene rings is 1. The number of hydrazine groups is 1. The predicted molar refractivity (Wildman–Crippen MR) is 77.2 cm³/mol. The summed E-state index contributed by atoms with van der Waals surface area (Å²) in [4.78, 5) is 13.8. The second-order valence-electron chi connectivity index (χ2n) is 5.03. The maximum absolute atomic E-state index is 11.4. The third kappa shape index (κ3) is 4.19. The van der Waals surface area contributed by atoms with E-state index in [4.69, 9.17) is 16.3 Å². The number of ether oxygens (including phenoxy) is 1. The second-order valence-corrected chi connectivity index (χ2v) is 5.03. The van der Waals surface area contributed by atoms with Gasteiger partial charge in [-0.1, -0.05) is 6.07 Å². The van der Waals surface area contributed by atoms with Gasteiger partial charge in [-0.3, -0.25) is 15.1 Å². The molecule has 5 N–H and O–H groups in total. The average molecular weight is 278 g/mol. The number of nitrogen functional groups attached to an aromatic ring is 1. The topological polar surface area (TPSA) is 93.6 Å². The van der Waals surface area contributed by atoms with Crippen molar-refractivity contribution in [1.82, 2.24) is 10.3 Å². The van der Waals surface area contributed by atoms with E-state index in [2.05, 4.69) is 10.3 Å².